The molecule has 0 unspecified atom stereocenters. The van der Waals surface area contributed by atoms with Gasteiger partial charge in [-0.3, -0.25) is 0 Å². The molecule has 1 spiro atoms. The van der Waals surface area contributed by atoms with Crippen molar-refractivity contribution in [2.75, 3.05) is 6.54 Å². The van der Waals surface area contributed by atoms with E-state index in [1.807, 2.05) is 0 Å². The van der Waals surface area contributed by atoms with E-state index in [0.29, 0.717) is 6.04 Å². The highest BCUT2D eigenvalue weighted by Crippen LogP contribution is 2.57. The van der Waals surface area contributed by atoms with Crippen molar-refractivity contribution >= 4 is 0 Å². The lowest BCUT2D eigenvalue weighted by Crippen LogP contribution is -2.55. The van der Waals surface area contributed by atoms with Gasteiger partial charge in [-0.15, -0.1) is 0 Å². The first kappa shape index (κ1) is 10.4. The molecule has 3 N–H and O–H groups in total. The van der Waals surface area contributed by atoms with E-state index in [-0.39, 0.29) is 5.54 Å². The molecule has 0 radical (unpaired) electrons. The van der Waals surface area contributed by atoms with Crippen LogP contribution in [0.1, 0.15) is 52.4 Å². The first-order chi connectivity index (χ1) is 6.60. The van der Waals surface area contributed by atoms with Crippen LogP contribution in [0.5, 0.6) is 0 Å². The number of rotatable bonds is 3. The third kappa shape index (κ3) is 1.96. The van der Waals surface area contributed by atoms with Gasteiger partial charge in [0.05, 0.1) is 0 Å². The molecule has 2 saturated carbocycles. The van der Waals surface area contributed by atoms with Crippen molar-refractivity contribution in [1.29, 1.82) is 0 Å². The molecule has 0 atom stereocenters. The molecule has 2 heteroatoms. The highest BCUT2D eigenvalue weighted by Gasteiger charge is 2.48. The van der Waals surface area contributed by atoms with Crippen LogP contribution in [0.25, 0.3) is 0 Å². The van der Waals surface area contributed by atoms with Crippen molar-refractivity contribution in [2.24, 2.45) is 11.1 Å². The van der Waals surface area contributed by atoms with E-state index in [1.54, 1.807) is 0 Å². The van der Waals surface area contributed by atoms with E-state index < -0.39 is 0 Å². The summed E-state index contributed by atoms with van der Waals surface area (Å²) in [6.07, 6.45) is 8.36. The maximum Gasteiger partial charge on any atom is 0.0306 e. The Morgan fingerprint density at radius 1 is 1.07 bits per heavy atom. The molecule has 0 aromatic heterocycles. The minimum Gasteiger partial charge on any atom is -0.329 e. The molecule has 14 heavy (non-hydrogen) atoms. The third-order valence-electron chi connectivity index (χ3n) is 4.21. The standard InChI is InChI=1S/C12H24N2/c1-10(2)14-12(9-13)7-5-11(3-4-11)6-8-12/h10,14H,3-9,13H2,1-2H3. The van der Waals surface area contributed by atoms with Crippen molar-refractivity contribution in [3.05, 3.63) is 0 Å². The molecular weight excluding hydrogens is 172 g/mol. The summed E-state index contributed by atoms with van der Waals surface area (Å²) in [5.74, 6) is 0. The molecule has 2 rings (SSSR count). The smallest absolute Gasteiger partial charge is 0.0306 e. The maximum atomic E-state index is 5.93. The normalized spacial score (nSPS) is 28.3. The van der Waals surface area contributed by atoms with Crippen molar-refractivity contribution in [2.45, 2.75) is 64.0 Å². The molecule has 2 aliphatic carbocycles. The van der Waals surface area contributed by atoms with E-state index in [9.17, 15) is 0 Å². The Bertz CT molecular complexity index is 196. The van der Waals surface area contributed by atoms with Gasteiger partial charge in [-0.05, 0) is 43.9 Å². The van der Waals surface area contributed by atoms with Gasteiger partial charge in [-0.2, -0.15) is 0 Å². The second-order valence-electron chi connectivity index (χ2n) is 5.78. The molecule has 2 nitrogen and oxygen atoms in total. The fourth-order valence-corrected chi connectivity index (χ4v) is 2.96. The third-order valence-corrected chi connectivity index (χ3v) is 4.21. The van der Waals surface area contributed by atoms with Crippen LogP contribution in [0.2, 0.25) is 0 Å². The number of hydrogen-bond acceptors (Lipinski definition) is 2. The van der Waals surface area contributed by atoms with Crippen molar-refractivity contribution < 1.29 is 0 Å². The molecule has 2 fully saturated rings. The zero-order valence-corrected chi connectivity index (χ0v) is 9.60. The minimum atomic E-state index is 0.266. The average molecular weight is 196 g/mol. The van der Waals surface area contributed by atoms with Gasteiger partial charge in [0.2, 0.25) is 0 Å². The summed E-state index contributed by atoms with van der Waals surface area (Å²) in [4.78, 5) is 0. The average Bonchev–Trinajstić information content (AvgIpc) is 2.90. The summed E-state index contributed by atoms with van der Waals surface area (Å²) < 4.78 is 0. The van der Waals surface area contributed by atoms with Gasteiger partial charge < -0.3 is 11.1 Å². The number of nitrogens with one attached hydrogen (secondary N) is 1. The Labute approximate surface area is 87.6 Å². The van der Waals surface area contributed by atoms with Crippen molar-refractivity contribution in [3.8, 4) is 0 Å². The lowest BCUT2D eigenvalue weighted by molar-refractivity contribution is 0.171. The SMILES string of the molecule is CC(C)NC1(CN)CCC2(CC2)CC1. The zero-order valence-electron chi connectivity index (χ0n) is 9.60. The molecule has 0 bridgehead atoms. The molecule has 0 saturated heterocycles. The summed E-state index contributed by atoms with van der Waals surface area (Å²) in [5.41, 5.74) is 6.97. The molecule has 0 aromatic rings. The Hall–Kier alpha value is -0.0800. The Morgan fingerprint density at radius 3 is 1.93 bits per heavy atom. The molecule has 0 aliphatic heterocycles. The molecule has 0 aromatic carbocycles. The van der Waals surface area contributed by atoms with Crippen molar-refractivity contribution in [3.63, 3.8) is 0 Å². The van der Waals surface area contributed by atoms with E-state index in [2.05, 4.69) is 19.2 Å². The fourth-order valence-electron chi connectivity index (χ4n) is 2.96. The first-order valence-corrected chi connectivity index (χ1v) is 6.08. The summed E-state index contributed by atoms with van der Waals surface area (Å²) in [6, 6.07) is 0.562. The van der Waals surface area contributed by atoms with E-state index >= 15 is 0 Å². The Kier molecular flexibility index (Phi) is 2.61. The Morgan fingerprint density at radius 2 is 1.57 bits per heavy atom. The summed E-state index contributed by atoms with van der Waals surface area (Å²) >= 11 is 0. The quantitative estimate of drug-likeness (QED) is 0.725. The lowest BCUT2D eigenvalue weighted by Gasteiger charge is -2.42. The van der Waals surface area contributed by atoms with Gasteiger partial charge in [0.25, 0.3) is 0 Å². The van der Waals surface area contributed by atoms with Crippen LogP contribution in [0.3, 0.4) is 0 Å². The minimum absolute atomic E-state index is 0.266. The maximum absolute atomic E-state index is 5.93. The lowest BCUT2D eigenvalue weighted by atomic mass is 9.74. The second-order valence-corrected chi connectivity index (χ2v) is 5.78. The van der Waals surface area contributed by atoms with Gasteiger partial charge >= 0.3 is 0 Å². The van der Waals surface area contributed by atoms with Crippen LogP contribution in [-0.2, 0) is 0 Å². The van der Waals surface area contributed by atoms with E-state index in [4.69, 9.17) is 5.73 Å². The highest BCUT2D eigenvalue weighted by atomic mass is 15.0. The molecular formula is C12H24N2. The summed E-state index contributed by atoms with van der Waals surface area (Å²) in [6.45, 7) is 5.25. The van der Waals surface area contributed by atoms with Crippen LogP contribution in [0.4, 0.5) is 0 Å². The predicted octanol–water partition coefficient (Wildman–Crippen LogP) is 2.04. The molecule has 0 amide bonds. The van der Waals surface area contributed by atoms with Gasteiger partial charge in [-0.1, -0.05) is 13.8 Å². The second kappa shape index (κ2) is 3.49. The van der Waals surface area contributed by atoms with E-state index in [1.165, 1.54) is 38.5 Å². The van der Waals surface area contributed by atoms with Crippen LogP contribution in [-0.4, -0.2) is 18.1 Å². The first-order valence-electron chi connectivity index (χ1n) is 6.08. The topological polar surface area (TPSA) is 38.0 Å². The van der Waals surface area contributed by atoms with E-state index in [0.717, 1.165) is 12.0 Å². The van der Waals surface area contributed by atoms with Gasteiger partial charge in [0.1, 0.15) is 0 Å². The van der Waals surface area contributed by atoms with Crippen LogP contribution >= 0.6 is 0 Å². The largest absolute Gasteiger partial charge is 0.329 e. The fraction of sp³-hybridized carbons (Fsp3) is 1.00. The van der Waals surface area contributed by atoms with Gasteiger partial charge in [0.15, 0.2) is 0 Å². The van der Waals surface area contributed by atoms with Gasteiger partial charge in [-0.25, -0.2) is 0 Å². The summed E-state index contributed by atoms with van der Waals surface area (Å²) in [7, 11) is 0. The van der Waals surface area contributed by atoms with Crippen molar-refractivity contribution in [1.82, 2.24) is 5.32 Å². The molecule has 82 valence electrons. The molecule has 2 aliphatic rings. The predicted molar refractivity (Wildman–Crippen MR) is 60.2 cm³/mol. The number of hydrogen-bond donors (Lipinski definition) is 2. The zero-order chi connectivity index (χ0) is 10.2. The number of nitrogens with two attached hydrogens (primary N) is 1. The van der Waals surface area contributed by atoms with Crippen LogP contribution < -0.4 is 11.1 Å². The van der Waals surface area contributed by atoms with Crippen LogP contribution in [0.15, 0.2) is 0 Å². The highest BCUT2D eigenvalue weighted by molar-refractivity contribution is 5.04. The van der Waals surface area contributed by atoms with Gasteiger partial charge in [0, 0.05) is 18.1 Å². The van der Waals surface area contributed by atoms with Crippen LogP contribution in [0, 0.1) is 5.41 Å². The Balaban J connectivity index is 1.93. The monoisotopic (exact) mass is 196 g/mol. The molecule has 0 heterocycles. The summed E-state index contributed by atoms with van der Waals surface area (Å²) in [5, 5.41) is 3.69.